The lowest BCUT2D eigenvalue weighted by atomic mass is 10.1. The van der Waals surface area contributed by atoms with Crippen LogP contribution in [0, 0.1) is 11.3 Å². The molecule has 3 heterocycles. The summed E-state index contributed by atoms with van der Waals surface area (Å²) in [6.07, 6.45) is 7.75. The van der Waals surface area contributed by atoms with Crippen LogP contribution in [0.15, 0.2) is 75.2 Å². The first-order chi connectivity index (χ1) is 9.78. The molecule has 0 saturated heterocycles. The molecule has 2 aliphatic heterocycles. The molecular weight excluding hydrogens is 256 g/mol. The van der Waals surface area contributed by atoms with Gasteiger partial charge in [0.2, 0.25) is 0 Å². The predicted molar refractivity (Wildman–Crippen MR) is 69.1 cm³/mol. The number of pyridine rings is 1. The number of azo groups is 1. The van der Waals surface area contributed by atoms with Crippen LogP contribution in [-0.4, -0.2) is 21.1 Å². The minimum absolute atomic E-state index is 0.0951. The molecule has 0 spiro atoms. The average molecular weight is 264 g/mol. The molecule has 0 atom stereocenters. The number of allylic oxidation sites excluding steroid dienone is 4. The van der Waals surface area contributed by atoms with E-state index in [0.29, 0.717) is 17.2 Å². The van der Waals surface area contributed by atoms with Crippen molar-refractivity contribution in [1.82, 2.24) is 10.0 Å². The van der Waals surface area contributed by atoms with Gasteiger partial charge in [0, 0.05) is 29.7 Å². The van der Waals surface area contributed by atoms with Crippen LogP contribution < -0.4 is 0 Å². The fourth-order valence-electron chi connectivity index (χ4n) is 1.70. The van der Waals surface area contributed by atoms with Gasteiger partial charge in [0.1, 0.15) is 11.8 Å². The second-order valence-electron chi connectivity index (χ2n) is 3.95. The van der Waals surface area contributed by atoms with Crippen LogP contribution in [0.4, 0.5) is 0 Å². The molecule has 1 aromatic heterocycles. The summed E-state index contributed by atoms with van der Waals surface area (Å²) in [5, 5.41) is 27.0. The summed E-state index contributed by atoms with van der Waals surface area (Å²) in [5.41, 5.74) is 1.52. The van der Waals surface area contributed by atoms with Gasteiger partial charge in [-0.05, 0) is 24.3 Å². The molecule has 3 rings (SSSR count). The maximum atomic E-state index is 9.40. The van der Waals surface area contributed by atoms with Crippen LogP contribution in [0.1, 0.15) is 5.56 Å². The van der Waals surface area contributed by atoms with Crippen molar-refractivity contribution in [2.75, 3.05) is 0 Å². The molecule has 96 valence electrons. The zero-order valence-electron chi connectivity index (χ0n) is 10.2. The van der Waals surface area contributed by atoms with Gasteiger partial charge in [-0.3, -0.25) is 10.2 Å². The molecule has 1 N–H and O–H groups in total. The number of hydrogen-bond acceptors (Lipinski definition) is 7. The number of aliphatic imine (C=N–C) groups is 1. The molecule has 0 fully saturated rings. The van der Waals surface area contributed by atoms with Crippen LogP contribution in [-0.2, 0) is 0 Å². The van der Waals surface area contributed by atoms with Gasteiger partial charge in [-0.25, -0.2) is 10.1 Å². The van der Waals surface area contributed by atoms with Crippen molar-refractivity contribution in [2.24, 2.45) is 15.2 Å². The number of nitrogens with zero attached hydrogens (tertiary/aromatic N) is 6. The number of rotatable bonds is 1. The maximum absolute atomic E-state index is 9.40. The number of amidine groups is 1. The molecule has 0 aromatic carbocycles. The summed E-state index contributed by atoms with van der Waals surface area (Å²) in [7, 11) is 0. The Kier molecular flexibility index (Phi) is 2.91. The Morgan fingerprint density at radius 3 is 2.75 bits per heavy atom. The molecule has 7 nitrogen and oxygen atoms in total. The van der Waals surface area contributed by atoms with E-state index in [0.717, 1.165) is 10.6 Å². The lowest BCUT2D eigenvalue weighted by molar-refractivity contribution is 0.000658. The van der Waals surface area contributed by atoms with Gasteiger partial charge in [0.05, 0.1) is 0 Å². The van der Waals surface area contributed by atoms with Crippen LogP contribution in [0.3, 0.4) is 0 Å². The molecule has 0 bridgehead atoms. The van der Waals surface area contributed by atoms with E-state index in [1.165, 1.54) is 12.3 Å². The monoisotopic (exact) mass is 264 g/mol. The van der Waals surface area contributed by atoms with E-state index in [2.05, 4.69) is 20.2 Å². The van der Waals surface area contributed by atoms with Gasteiger partial charge in [-0.2, -0.15) is 5.26 Å². The van der Waals surface area contributed by atoms with Gasteiger partial charge in [0.25, 0.3) is 0 Å². The lowest BCUT2D eigenvalue weighted by Crippen LogP contribution is -2.12. The largest absolute Gasteiger partial charge is 0.283 e. The Morgan fingerprint density at radius 2 is 2.00 bits per heavy atom. The van der Waals surface area contributed by atoms with E-state index in [9.17, 15) is 5.21 Å². The fraction of sp³-hybridized carbons (Fsp3) is 0. The topological polar surface area (TPSA) is 97.2 Å². The van der Waals surface area contributed by atoms with Crippen molar-refractivity contribution < 1.29 is 5.21 Å². The lowest BCUT2D eigenvalue weighted by Gasteiger charge is -2.14. The Morgan fingerprint density at radius 1 is 1.20 bits per heavy atom. The van der Waals surface area contributed by atoms with Crippen LogP contribution in [0.25, 0.3) is 0 Å². The van der Waals surface area contributed by atoms with Crippen molar-refractivity contribution in [3.8, 4) is 6.07 Å². The quantitative estimate of drug-likeness (QED) is 0.840. The van der Waals surface area contributed by atoms with E-state index < -0.39 is 0 Å². The van der Waals surface area contributed by atoms with Gasteiger partial charge in [0.15, 0.2) is 11.7 Å². The van der Waals surface area contributed by atoms with Gasteiger partial charge >= 0.3 is 0 Å². The molecule has 1 aromatic rings. The molecular formula is C13H8N6O. The van der Waals surface area contributed by atoms with Crippen molar-refractivity contribution >= 4 is 5.84 Å². The zero-order valence-corrected chi connectivity index (χ0v) is 10.2. The Bertz CT molecular complexity index is 736. The first kappa shape index (κ1) is 12.0. The number of nitriles is 1. The minimum atomic E-state index is 0.0951. The first-order valence-corrected chi connectivity index (χ1v) is 5.71. The summed E-state index contributed by atoms with van der Waals surface area (Å²) >= 11 is 0. The van der Waals surface area contributed by atoms with E-state index in [-0.39, 0.29) is 5.70 Å². The number of aromatic nitrogens is 1. The molecule has 20 heavy (non-hydrogen) atoms. The van der Waals surface area contributed by atoms with Crippen LogP contribution >= 0.6 is 0 Å². The van der Waals surface area contributed by atoms with Crippen LogP contribution in [0.2, 0.25) is 0 Å². The van der Waals surface area contributed by atoms with Crippen molar-refractivity contribution in [3.63, 3.8) is 0 Å². The third-order valence-corrected chi connectivity index (χ3v) is 2.70. The smallest absolute Gasteiger partial charge is 0.184 e. The van der Waals surface area contributed by atoms with E-state index in [1.807, 2.05) is 6.07 Å². The van der Waals surface area contributed by atoms with Crippen LogP contribution in [0.5, 0.6) is 0 Å². The second kappa shape index (κ2) is 4.87. The second-order valence-corrected chi connectivity index (χ2v) is 3.95. The number of hydroxylamine groups is 2. The SMILES string of the molecule is N#CC1=CC(=C2N=NC(c3ccncc3)=N2)C=CN1O. The molecule has 0 unspecified atom stereocenters. The highest BCUT2D eigenvalue weighted by Gasteiger charge is 2.16. The van der Waals surface area contributed by atoms with E-state index >= 15 is 0 Å². The van der Waals surface area contributed by atoms with Gasteiger partial charge < -0.3 is 0 Å². The normalized spacial score (nSPS) is 20.7. The predicted octanol–water partition coefficient (Wildman–Crippen LogP) is 2.13. The summed E-state index contributed by atoms with van der Waals surface area (Å²) in [5.74, 6) is 0.885. The first-order valence-electron chi connectivity index (χ1n) is 5.71. The van der Waals surface area contributed by atoms with E-state index in [1.54, 1.807) is 30.6 Å². The molecule has 2 aliphatic rings. The molecule has 0 radical (unpaired) electrons. The maximum Gasteiger partial charge on any atom is 0.184 e. The highest BCUT2D eigenvalue weighted by Crippen LogP contribution is 2.23. The van der Waals surface area contributed by atoms with Crippen molar-refractivity contribution in [1.29, 1.82) is 5.26 Å². The minimum Gasteiger partial charge on any atom is -0.283 e. The third kappa shape index (κ3) is 2.11. The summed E-state index contributed by atoms with van der Waals surface area (Å²) in [6, 6.07) is 5.44. The Labute approximate surface area is 114 Å². The summed E-state index contributed by atoms with van der Waals surface area (Å²) in [4.78, 5) is 8.23. The molecule has 0 saturated carbocycles. The third-order valence-electron chi connectivity index (χ3n) is 2.70. The Balaban J connectivity index is 1.98. The van der Waals surface area contributed by atoms with Gasteiger partial charge in [-0.15, -0.1) is 10.2 Å². The molecule has 7 heteroatoms. The zero-order chi connectivity index (χ0) is 13.9. The Hall–Kier alpha value is -3.11. The number of hydrogen-bond donors (Lipinski definition) is 1. The van der Waals surface area contributed by atoms with E-state index in [4.69, 9.17) is 5.26 Å². The fourth-order valence-corrected chi connectivity index (χ4v) is 1.70. The average Bonchev–Trinajstić information content (AvgIpc) is 2.98. The summed E-state index contributed by atoms with van der Waals surface area (Å²) < 4.78 is 0. The highest BCUT2D eigenvalue weighted by molar-refractivity contribution is 6.00. The van der Waals surface area contributed by atoms with Crippen molar-refractivity contribution in [3.05, 3.63) is 65.5 Å². The van der Waals surface area contributed by atoms with Gasteiger partial charge in [-0.1, -0.05) is 0 Å². The standard InChI is InChI=1S/C13H8N6O/c14-8-11-7-10(3-6-19(11)20)13-16-12(17-18-13)9-1-4-15-5-2-9/h1-7,20H. The molecule has 0 amide bonds. The molecule has 0 aliphatic carbocycles. The summed E-state index contributed by atoms with van der Waals surface area (Å²) in [6.45, 7) is 0. The highest BCUT2D eigenvalue weighted by atomic mass is 16.5. The van der Waals surface area contributed by atoms with Crippen molar-refractivity contribution in [2.45, 2.75) is 0 Å².